The third kappa shape index (κ3) is 6.27. The minimum absolute atomic E-state index is 0.104. The van der Waals surface area contributed by atoms with Gasteiger partial charge in [0.15, 0.2) is 0 Å². The van der Waals surface area contributed by atoms with Crippen molar-refractivity contribution in [3.63, 3.8) is 0 Å². The van der Waals surface area contributed by atoms with Crippen molar-refractivity contribution in [3.05, 3.63) is 240 Å². The van der Waals surface area contributed by atoms with Gasteiger partial charge in [-0.25, -0.2) is 0 Å². The number of hydrogen-bond acceptors (Lipinski definition) is 3. The molecule has 9 aromatic carbocycles. The molecule has 0 bridgehead atoms. The predicted molar refractivity (Wildman–Crippen MR) is 266 cm³/mol. The lowest BCUT2D eigenvalue weighted by molar-refractivity contribution is 0.461. The summed E-state index contributed by atoms with van der Waals surface area (Å²) in [5.74, 6) is 1.86. The van der Waals surface area contributed by atoms with E-state index in [4.69, 9.17) is 4.74 Å². The molecule has 12 rings (SSSR count). The molecule has 1 aliphatic heterocycles. The fraction of sp³-hybridized carbons (Fsp3) is 0.0820. The highest BCUT2D eigenvalue weighted by molar-refractivity contribution is 5.88. The minimum atomic E-state index is -0.139. The predicted octanol–water partition coefficient (Wildman–Crippen LogP) is 14.4. The zero-order valence-corrected chi connectivity index (χ0v) is 35.9. The number of rotatable bonds is 8. The quantitative estimate of drug-likeness (QED) is 0.152. The normalized spacial score (nSPS) is 14.8. The van der Waals surface area contributed by atoms with Gasteiger partial charge in [0.25, 0.3) is 0 Å². The summed E-state index contributed by atoms with van der Waals surface area (Å²) in [7, 11) is 0. The van der Waals surface area contributed by atoms with Crippen LogP contribution in [0.25, 0.3) is 56.3 Å². The first-order valence-electron chi connectivity index (χ1n) is 22.4. The van der Waals surface area contributed by atoms with E-state index in [1.54, 1.807) is 0 Å². The molecule has 3 aliphatic rings. The van der Waals surface area contributed by atoms with Crippen LogP contribution in [0.2, 0.25) is 0 Å². The van der Waals surface area contributed by atoms with E-state index in [9.17, 15) is 0 Å². The summed E-state index contributed by atoms with van der Waals surface area (Å²) < 4.78 is 7.28. The molecule has 3 nitrogen and oxygen atoms in total. The Hall–Kier alpha value is -7.88. The lowest BCUT2D eigenvalue weighted by atomic mass is 9.82. The van der Waals surface area contributed by atoms with Gasteiger partial charge in [0.05, 0.1) is 6.04 Å². The summed E-state index contributed by atoms with van der Waals surface area (Å²) >= 11 is 0. The van der Waals surface area contributed by atoms with Crippen LogP contribution in [-0.4, -0.2) is 6.04 Å². The van der Waals surface area contributed by atoms with Gasteiger partial charge in [0.2, 0.25) is 0 Å². The number of nitrogens with zero attached hydrogens (tertiary/aromatic N) is 2. The van der Waals surface area contributed by atoms with E-state index in [1.165, 1.54) is 60.5 Å². The molecule has 1 atom stereocenters. The second-order valence-electron chi connectivity index (χ2n) is 17.6. The molecule has 1 heterocycles. The number of anilines is 5. The van der Waals surface area contributed by atoms with Crippen molar-refractivity contribution in [2.45, 2.75) is 31.7 Å². The minimum Gasteiger partial charge on any atom is -0.458 e. The summed E-state index contributed by atoms with van der Waals surface area (Å²) in [5.41, 5.74) is 17.9. The van der Waals surface area contributed by atoms with Crippen LogP contribution in [-0.2, 0) is 5.41 Å². The SMILES string of the molecule is CC1(C)c2ccccc2-c2ccc(N(c3ccc(-c4ccc(-c5ccccc5)cc4)cc3)C3CC=c4cccc5c4=C3Oc3ccc(N(c4ccccc4)c4ccccc4)cc3-5)cc21. The highest BCUT2D eigenvalue weighted by Crippen LogP contribution is 2.51. The van der Waals surface area contributed by atoms with Gasteiger partial charge in [0, 0.05) is 44.6 Å². The Bertz CT molecular complexity index is 3300. The molecule has 0 fully saturated rings. The Balaban J connectivity index is 0.986. The number of fused-ring (bicyclic) bond motifs is 5. The molecule has 0 N–H and O–H groups in total. The summed E-state index contributed by atoms with van der Waals surface area (Å²) in [4.78, 5) is 4.85. The third-order valence-electron chi connectivity index (χ3n) is 13.6. The van der Waals surface area contributed by atoms with Gasteiger partial charge in [-0.3, -0.25) is 0 Å². The molecule has 0 saturated heterocycles. The maximum Gasteiger partial charge on any atom is 0.136 e. The first kappa shape index (κ1) is 37.8. The van der Waals surface area contributed by atoms with Crippen LogP contribution < -0.4 is 25.0 Å². The second kappa shape index (κ2) is 15.2. The first-order chi connectivity index (χ1) is 31.5. The monoisotopic (exact) mass is 822 g/mol. The van der Waals surface area contributed by atoms with Crippen molar-refractivity contribution >= 4 is 40.3 Å². The molecule has 0 amide bonds. The van der Waals surface area contributed by atoms with E-state index in [2.05, 4.69) is 248 Å². The van der Waals surface area contributed by atoms with Crippen LogP contribution in [0.15, 0.2) is 218 Å². The van der Waals surface area contributed by atoms with Gasteiger partial charge in [-0.15, -0.1) is 0 Å². The molecule has 0 spiro atoms. The molecule has 3 heteroatoms. The summed E-state index contributed by atoms with van der Waals surface area (Å²) in [6, 6.07) is 79.1. The van der Waals surface area contributed by atoms with Crippen LogP contribution in [0.5, 0.6) is 5.75 Å². The van der Waals surface area contributed by atoms with E-state index in [-0.39, 0.29) is 11.5 Å². The lowest BCUT2D eigenvalue weighted by Gasteiger charge is -2.38. The van der Waals surface area contributed by atoms with Crippen LogP contribution in [0.3, 0.4) is 0 Å². The summed E-state index contributed by atoms with van der Waals surface area (Å²) in [6.45, 7) is 4.73. The van der Waals surface area contributed by atoms with E-state index < -0.39 is 0 Å². The average molecular weight is 823 g/mol. The van der Waals surface area contributed by atoms with Crippen molar-refractivity contribution in [1.29, 1.82) is 0 Å². The largest absolute Gasteiger partial charge is 0.458 e. The number of para-hydroxylation sites is 2. The fourth-order valence-corrected chi connectivity index (χ4v) is 10.4. The summed E-state index contributed by atoms with van der Waals surface area (Å²) in [6.07, 6.45) is 3.20. The molecule has 306 valence electrons. The maximum absolute atomic E-state index is 7.28. The fourth-order valence-electron chi connectivity index (χ4n) is 10.4. The molecular weight excluding hydrogens is 777 g/mol. The third-order valence-corrected chi connectivity index (χ3v) is 13.6. The van der Waals surface area contributed by atoms with Crippen LogP contribution in [0.4, 0.5) is 28.4 Å². The first-order valence-corrected chi connectivity index (χ1v) is 22.4. The smallest absolute Gasteiger partial charge is 0.136 e. The van der Waals surface area contributed by atoms with Crippen LogP contribution in [0.1, 0.15) is 31.4 Å². The van der Waals surface area contributed by atoms with E-state index in [1.807, 2.05) is 0 Å². The van der Waals surface area contributed by atoms with Gasteiger partial charge in [-0.05, 0) is 128 Å². The average Bonchev–Trinajstić information content (AvgIpc) is 3.59. The van der Waals surface area contributed by atoms with Gasteiger partial charge in [-0.1, -0.05) is 172 Å². The maximum atomic E-state index is 7.28. The standard InChI is InChI=1S/C61H46N2O/c1-61(2)55-24-13-12-22-51(55)52-36-34-50(40-56(52)61)63(48-32-29-44(30-33-48)43-27-25-42(26-28-43)41-15-6-3-7-16-41)57-37-31-45-17-14-23-53-54-39-49(35-38-58(54)64-60(57)59(45)53)62(46-18-8-4-9-19-46)47-20-10-5-11-21-47/h3-36,38-40,57H,37H2,1-2H3. The lowest BCUT2D eigenvalue weighted by Crippen LogP contribution is -2.46. The summed E-state index contributed by atoms with van der Waals surface area (Å²) in [5, 5.41) is 2.38. The number of benzene rings is 9. The molecule has 64 heavy (non-hydrogen) atoms. The molecule has 0 radical (unpaired) electrons. The van der Waals surface area contributed by atoms with Crippen molar-refractivity contribution < 1.29 is 4.74 Å². The van der Waals surface area contributed by atoms with E-state index in [0.29, 0.717) is 0 Å². The molecule has 9 aromatic rings. The second-order valence-corrected chi connectivity index (χ2v) is 17.6. The van der Waals surface area contributed by atoms with Gasteiger partial charge in [-0.2, -0.15) is 0 Å². The van der Waals surface area contributed by atoms with Crippen molar-refractivity contribution in [2.24, 2.45) is 0 Å². The Morgan fingerprint density at radius 2 is 0.969 bits per heavy atom. The topological polar surface area (TPSA) is 15.7 Å². The Labute approximate surface area is 375 Å². The van der Waals surface area contributed by atoms with Crippen LogP contribution in [0, 0.1) is 0 Å². The van der Waals surface area contributed by atoms with Crippen LogP contribution >= 0.6 is 0 Å². The van der Waals surface area contributed by atoms with E-state index >= 15 is 0 Å². The molecule has 2 aliphatic carbocycles. The van der Waals surface area contributed by atoms with Crippen molar-refractivity contribution in [1.82, 2.24) is 0 Å². The molecule has 1 unspecified atom stereocenters. The van der Waals surface area contributed by atoms with E-state index in [0.717, 1.165) is 51.9 Å². The highest BCUT2D eigenvalue weighted by Gasteiger charge is 2.38. The Morgan fingerprint density at radius 3 is 1.66 bits per heavy atom. The molecule has 0 saturated carbocycles. The number of hydrogen-bond donors (Lipinski definition) is 0. The van der Waals surface area contributed by atoms with Crippen molar-refractivity contribution in [2.75, 3.05) is 9.80 Å². The van der Waals surface area contributed by atoms with Gasteiger partial charge < -0.3 is 14.5 Å². The zero-order valence-electron chi connectivity index (χ0n) is 35.9. The molecular formula is C61H46N2O. The van der Waals surface area contributed by atoms with Gasteiger partial charge in [0.1, 0.15) is 11.5 Å². The Kier molecular flexibility index (Phi) is 8.98. The highest BCUT2D eigenvalue weighted by atomic mass is 16.5. The van der Waals surface area contributed by atoms with Crippen molar-refractivity contribution in [3.8, 4) is 50.3 Å². The van der Waals surface area contributed by atoms with Gasteiger partial charge >= 0.3 is 0 Å². The molecule has 0 aromatic heterocycles. The Morgan fingerprint density at radius 1 is 0.422 bits per heavy atom. The number of ether oxygens (including phenoxy) is 1. The zero-order chi connectivity index (χ0) is 42.8.